The van der Waals surface area contributed by atoms with Crippen molar-refractivity contribution >= 4 is 11.9 Å². The molecule has 0 saturated carbocycles. The highest BCUT2D eigenvalue weighted by atomic mass is 16.6. The van der Waals surface area contributed by atoms with E-state index in [4.69, 9.17) is 21.3 Å². The van der Waals surface area contributed by atoms with Crippen LogP contribution in [0, 0.1) is 0 Å². The lowest BCUT2D eigenvalue weighted by molar-refractivity contribution is -0.0232. The lowest BCUT2D eigenvalue weighted by Crippen LogP contribution is -2.33. The number of aliphatic imine (C=N–C) groups is 1. The topological polar surface area (TPSA) is 180 Å². The minimum Gasteiger partial charge on any atom is -0.394 e. The van der Waals surface area contributed by atoms with Crippen molar-refractivity contribution in [2.24, 2.45) is 16.5 Å². The number of H-pyrrole nitrogens is 1. The molecule has 0 radical (unpaired) electrons. The fourth-order valence-corrected chi connectivity index (χ4v) is 1.94. The van der Waals surface area contributed by atoms with Crippen LogP contribution in [0.15, 0.2) is 16.0 Å². The molecule has 1 aliphatic heterocycles. The molecule has 10 heteroatoms. The standard InChI is InChI=1S/C10H15N5O5/c11-9(12)15-10-13-1-3(8(19)14-10)7-6(18)5(17)4(2-16)20-7/h1,4-7,16-18H,2H2,(H5,11,12,13,14,15,19)/t4-,5?,6?,7+/m1/s1. The summed E-state index contributed by atoms with van der Waals surface area (Å²) >= 11 is 0. The number of guanidine groups is 1. The van der Waals surface area contributed by atoms with Gasteiger partial charge in [-0.05, 0) is 0 Å². The number of ether oxygens (including phenoxy) is 1. The fourth-order valence-electron chi connectivity index (χ4n) is 1.94. The van der Waals surface area contributed by atoms with Crippen molar-refractivity contribution in [3.8, 4) is 0 Å². The molecule has 1 fully saturated rings. The molecule has 8 N–H and O–H groups in total. The summed E-state index contributed by atoms with van der Waals surface area (Å²) in [7, 11) is 0. The second kappa shape index (κ2) is 5.54. The van der Waals surface area contributed by atoms with Crippen LogP contribution in [0.3, 0.4) is 0 Å². The van der Waals surface area contributed by atoms with E-state index in [0.29, 0.717) is 0 Å². The van der Waals surface area contributed by atoms with Crippen LogP contribution in [-0.4, -0.2) is 56.2 Å². The van der Waals surface area contributed by atoms with Crippen LogP contribution in [0.1, 0.15) is 11.7 Å². The average molecular weight is 285 g/mol. The predicted octanol–water partition coefficient (Wildman–Crippen LogP) is -3.17. The first-order chi connectivity index (χ1) is 9.43. The van der Waals surface area contributed by atoms with Gasteiger partial charge in [-0.2, -0.15) is 9.98 Å². The van der Waals surface area contributed by atoms with E-state index in [-0.39, 0.29) is 17.5 Å². The van der Waals surface area contributed by atoms with E-state index in [1.807, 2.05) is 0 Å². The van der Waals surface area contributed by atoms with Crippen molar-refractivity contribution < 1.29 is 20.1 Å². The SMILES string of the molecule is NC(N)=Nc1nc(=O)c([C@@H]2O[C@H](CO)C(O)C2O)c[nH]1. The van der Waals surface area contributed by atoms with E-state index in [1.165, 1.54) is 6.20 Å². The third-order valence-electron chi connectivity index (χ3n) is 2.90. The Morgan fingerprint density at radius 1 is 1.45 bits per heavy atom. The first kappa shape index (κ1) is 14.4. The summed E-state index contributed by atoms with van der Waals surface area (Å²) < 4.78 is 5.23. The Balaban J connectivity index is 2.31. The molecule has 110 valence electrons. The zero-order valence-corrected chi connectivity index (χ0v) is 10.3. The quantitative estimate of drug-likeness (QED) is 0.248. The summed E-state index contributed by atoms with van der Waals surface area (Å²) in [5.74, 6) is -0.362. The Bertz CT molecular complexity index is 569. The molecule has 0 spiro atoms. The summed E-state index contributed by atoms with van der Waals surface area (Å²) in [4.78, 5) is 21.5. The predicted molar refractivity (Wildman–Crippen MR) is 67.0 cm³/mol. The van der Waals surface area contributed by atoms with Crippen molar-refractivity contribution in [2.45, 2.75) is 24.4 Å². The molecule has 1 saturated heterocycles. The molecule has 2 heterocycles. The monoisotopic (exact) mass is 285 g/mol. The molecule has 0 bridgehead atoms. The molecular weight excluding hydrogens is 270 g/mol. The molecule has 2 rings (SSSR count). The number of hydrogen-bond donors (Lipinski definition) is 6. The third-order valence-corrected chi connectivity index (χ3v) is 2.90. The zero-order valence-electron chi connectivity index (χ0n) is 10.3. The van der Waals surface area contributed by atoms with Gasteiger partial charge in [-0.25, -0.2) is 0 Å². The van der Waals surface area contributed by atoms with Crippen LogP contribution in [0.25, 0.3) is 0 Å². The molecule has 1 aromatic rings. The number of nitrogens with one attached hydrogen (secondary N) is 1. The second-order valence-corrected chi connectivity index (χ2v) is 4.28. The molecule has 2 unspecified atom stereocenters. The van der Waals surface area contributed by atoms with Crippen LogP contribution in [0.4, 0.5) is 5.95 Å². The Kier molecular flexibility index (Phi) is 3.99. The van der Waals surface area contributed by atoms with Crippen molar-refractivity contribution in [3.63, 3.8) is 0 Å². The lowest BCUT2D eigenvalue weighted by Gasteiger charge is -2.13. The summed E-state index contributed by atoms with van der Waals surface area (Å²) in [6, 6.07) is 0. The van der Waals surface area contributed by atoms with E-state index in [1.54, 1.807) is 0 Å². The molecule has 1 aromatic heterocycles. The molecule has 0 amide bonds. The van der Waals surface area contributed by atoms with Crippen LogP contribution in [-0.2, 0) is 4.74 Å². The number of aliphatic hydroxyl groups excluding tert-OH is 3. The molecule has 20 heavy (non-hydrogen) atoms. The van der Waals surface area contributed by atoms with Crippen LogP contribution >= 0.6 is 0 Å². The van der Waals surface area contributed by atoms with Gasteiger partial charge in [-0.3, -0.25) is 4.79 Å². The second-order valence-electron chi connectivity index (χ2n) is 4.28. The summed E-state index contributed by atoms with van der Waals surface area (Å²) in [5.41, 5.74) is 9.60. The van der Waals surface area contributed by atoms with Gasteiger partial charge in [0, 0.05) is 6.20 Å². The third kappa shape index (κ3) is 2.63. The van der Waals surface area contributed by atoms with Crippen LogP contribution < -0.4 is 17.0 Å². The van der Waals surface area contributed by atoms with Gasteiger partial charge in [-0.15, -0.1) is 0 Å². The van der Waals surface area contributed by atoms with Gasteiger partial charge in [0.05, 0.1) is 12.2 Å². The minimum atomic E-state index is -1.34. The van der Waals surface area contributed by atoms with E-state index < -0.39 is 36.6 Å². The van der Waals surface area contributed by atoms with E-state index in [2.05, 4.69) is 15.0 Å². The Morgan fingerprint density at radius 2 is 2.15 bits per heavy atom. The maximum atomic E-state index is 11.8. The van der Waals surface area contributed by atoms with Gasteiger partial charge < -0.3 is 36.5 Å². The maximum absolute atomic E-state index is 11.8. The van der Waals surface area contributed by atoms with Gasteiger partial charge in [0.2, 0.25) is 5.95 Å². The van der Waals surface area contributed by atoms with Gasteiger partial charge >= 0.3 is 0 Å². The minimum absolute atomic E-state index is 0.00189. The number of aromatic amines is 1. The number of nitrogens with zero attached hydrogens (tertiary/aromatic N) is 2. The first-order valence-electron chi connectivity index (χ1n) is 5.75. The molecule has 4 atom stereocenters. The highest BCUT2D eigenvalue weighted by Crippen LogP contribution is 2.31. The lowest BCUT2D eigenvalue weighted by atomic mass is 10.0. The summed E-state index contributed by atoms with van der Waals surface area (Å²) in [5, 5.41) is 28.4. The molecule has 1 aliphatic rings. The van der Waals surface area contributed by atoms with Crippen molar-refractivity contribution in [3.05, 3.63) is 22.1 Å². The Hall–Kier alpha value is -2.01. The average Bonchev–Trinajstić information content (AvgIpc) is 2.66. The zero-order chi connectivity index (χ0) is 14.9. The van der Waals surface area contributed by atoms with Gasteiger partial charge in [0.1, 0.15) is 24.4 Å². The summed E-state index contributed by atoms with van der Waals surface area (Å²) in [6.45, 7) is -0.480. The van der Waals surface area contributed by atoms with Crippen molar-refractivity contribution in [1.82, 2.24) is 9.97 Å². The fraction of sp³-hybridized carbons (Fsp3) is 0.500. The summed E-state index contributed by atoms with van der Waals surface area (Å²) in [6.07, 6.45) is -3.46. The Labute approximate surface area is 112 Å². The number of nitrogens with two attached hydrogens (primary N) is 2. The van der Waals surface area contributed by atoms with Crippen molar-refractivity contribution in [2.75, 3.05) is 6.61 Å². The highest BCUT2D eigenvalue weighted by Gasteiger charge is 2.44. The molecule has 0 aliphatic carbocycles. The first-order valence-corrected chi connectivity index (χ1v) is 5.75. The maximum Gasteiger partial charge on any atom is 0.280 e. The Morgan fingerprint density at radius 3 is 2.65 bits per heavy atom. The molecule has 10 nitrogen and oxygen atoms in total. The number of aliphatic hydroxyl groups is 3. The van der Waals surface area contributed by atoms with Crippen LogP contribution in [0.5, 0.6) is 0 Å². The number of hydrogen-bond acceptors (Lipinski definition) is 7. The largest absolute Gasteiger partial charge is 0.394 e. The van der Waals surface area contributed by atoms with E-state index in [9.17, 15) is 15.0 Å². The molecule has 0 aromatic carbocycles. The van der Waals surface area contributed by atoms with E-state index in [0.717, 1.165) is 0 Å². The van der Waals surface area contributed by atoms with Gasteiger partial charge in [-0.1, -0.05) is 0 Å². The normalized spacial score (nSPS) is 29.4. The van der Waals surface area contributed by atoms with E-state index >= 15 is 0 Å². The highest BCUT2D eigenvalue weighted by molar-refractivity contribution is 5.77. The molecular formula is C10H15N5O5. The van der Waals surface area contributed by atoms with Gasteiger partial charge in [0.25, 0.3) is 5.56 Å². The van der Waals surface area contributed by atoms with Crippen LogP contribution in [0.2, 0.25) is 0 Å². The smallest absolute Gasteiger partial charge is 0.280 e. The van der Waals surface area contributed by atoms with Gasteiger partial charge in [0.15, 0.2) is 5.96 Å². The number of aromatic nitrogens is 2. The van der Waals surface area contributed by atoms with Crippen molar-refractivity contribution in [1.29, 1.82) is 0 Å². The number of rotatable bonds is 3.